The lowest BCUT2D eigenvalue weighted by Crippen LogP contribution is -2.12. The lowest BCUT2D eigenvalue weighted by atomic mass is 10.3. The number of nitrogens with one attached hydrogen (secondary N) is 1. The molecule has 8 heteroatoms. The second kappa shape index (κ2) is 6.42. The summed E-state index contributed by atoms with van der Waals surface area (Å²) in [5, 5.41) is 8.85. The van der Waals surface area contributed by atoms with E-state index in [9.17, 15) is 12.8 Å². The lowest BCUT2D eigenvalue weighted by Gasteiger charge is -2.10. The summed E-state index contributed by atoms with van der Waals surface area (Å²) in [6.45, 7) is -0.0424. The minimum Gasteiger partial charge on any atom is -0.494 e. The van der Waals surface area contributed by atoms with Crippen LogP contribution in [0.5, 0.6) is 5.75 Å². The molecule has 0 saturated carbocycles. The van der Waals surface area contributed by atoms with Crippen LogP contribution in [0.15, 0.2) is 34.5 Å². The molecule has 21 heavy (non-hydrogen) atoms. The molecular weight excluding hydrogens is 317 g/mol. The fraction of sp³-hybridized carbons (Fsp3) is 0.231. The van der Waals surface area contributed by atoms with Crippen molar-refractivity contribution in [3.8, 4) is 5.75 Å². The van der Waals surface area contributed by atoms with E-state index in [4.69, 9.17) is 9.84 Å². The summed E-state index contributed by atoms with van der Waals surface area (Å²) in [5.74, 6) is -0.415. The number of rotatable bonds is 6. The zero-order valence-electron chi connectivity index (χ0n) is 11.2. The average molecular weight is 331 g/mol. The van der Waals surface area contributed by atoms with E-state index < -0.39 is 15.8 Å². The van der Waals surface area contributed by atoms with E-state index in [1.54, 1.807) is 6.07 Å². The maximum atomic E-state index is 13.1. The molecule has 0 aliphatic carbocycles. The van der Waals surface area contributed by atoms with Gasteiger partial charge in [0.05, 0.1) is 12.8 Å². The van der Waals surface area contributed by atoms with Crippen LogP contribution >= 0.6 is 11.3 Å². The van der Waals surface area contributed by atoms with Gasteiger partial charge in [-0.15, -0.1) is 11.3 Å². The predicted molar refractivity (Wildman–Crippen MR) is 78.9 cm³/mol. The Hall–Kier alpha value is -1.64. The Morgan fingerprint density at radius 2 is 2.10 bits per heavy atom. The van der Waals surface area contributed by atoms with Gasteiger partial charge in [-0.2, -0.15) is 0 Å². The second-order valence-electron chi connectivity index (χ2n) is 4.14. The van der Waals surface area contributed by atoms with E-state index >= 15 is 0 Å². The molecule has 0 bridgehead atoms. The van der Waals surface area contributed by atoms with Crippen LogP contribution in [-0.4, -0.2) is 27.2 Å². The molecule has 5 nitrogen and oxygen atoms in total. The molecule has 0 fully saturated rings. The number of methoxy groups -OCH3 is 1. The van der Waals surface area contributed by atoms with Crippen LogP contribution in [-0.2, 0) is 16.4 Å². The Labute approximate surface area is 126 Å². The first kappa shape index (κ1) is 15.7. The van der Waals surface area contributed by atoms with E-state index in [0.29, 0.717) is 6.42 Å². The number of sulfonamides is 1. The molecule has 0 spiro atoms. The molecule has 0 aliphatic heterocycles. The van der Waals surface area contributed by atoms with Gasteiger partial charge in [0.25, 0.3) is 10.0 Å². The molecular formula is C13H14FNO4S2. The third kappa shape index (κ3) is 3.72. The van der Waals surface area contributed by atoms with Crippen LogP contribution in [0.25, 0.3) is 0 Å². The maximum Gasteiger partial charge on any atom is 0.271 e. The van der Waals surface area contributed by atoms with Crippen molar-refractivity contribution in [2.45, 2.75) is 10.6 Å². The van der Waals surface area contributed by atoms with Crippen LogP contribution in [0, 0.1) is 5.82 Å². The van der Waals surface area contributed by atoms with Gasteiger partial charge in [0, 0.05) is 24.0 Å². The molecule has 0 amide bonds. The highest BCUT2D eigenvalue weighted by molar-refractivity contribution is 7.94. The highest BCUT2D eigenvalue weighted by atomic mass is 32.2. The fourth-order valence-electron chi connectivity index (χ4n) is 1.69. The van der Waals surface area contributed by atoms with Crippen LogP contribution in [0.2, 0.25) is 0 Å². The quantitative estimate of drug-likeness (QED) is 0.851. The number of aliphatic hydroxyl groups excluding tert-OH is 1. The summed E-state index contributed by atoms with van der Waals surface area (Å²) >= 11 is 1.07. The molecule has 2 rings (SSSR count). The van der Waals surface area contributed by atoms with Gasteiger partial charge >= 0.3 is 0 Å². The Balaban J connectivity index is 2.28. The third-order valence-electron chi connectivity index (χ3n) is 2.67. The number of thiophene rings is 1. The summed E-state index contributed by atoms with van der Waals surface area (Å²) in [4.78, 5) is 0.768. The van der Waals surface area contributed by atoms with Crippen LogP contribution in [0.1, 0.15) is 4.88 Å². The van der Waals surface area contributed by atoms with E-state index in [0.717, 1.165) is 28.3 Å². The molecule has 0 atom stereocenters. The number of ether oxygens (including phenoxy) is 1. The van der Waals surface area contributed by atoms with Crippen molar-refractivity contribution in [2.24, 2.45) is 0 Å². The first-order chi connectivity index (χ1) is 9.96. The minimum atomic E-state index is -3.77. The monoisotopic (exact) mass is 331 g/mol. The Kier molecular flexibility index (Phi) is 4.81. The van der Waals surface area contributed by atoms with E-state index in [1.807, 2.05) is 0 Å². The topological polar surface area (TPSA) is 75.6 Å². The van der Waals surface area contributed by atoms with Gasteiger partial charge in [-0.1, -0.05) is 0 Å². The summed E-state index contributed by atoms with van der Waals surface area (Å²) in [6.07, 6.45) is 0.403. The number of aliphatic hydroxyl groups is 1. The predicted octanol–water partition coefficient (Wildman–Crippen LogP) is 2.23. The lowest BCUT2D eigenvalue weighted by molar-refractivity contribution is 0.300. The highest BCUT2D eigenvalue weighted by Crippen LogP contribution is 2.29. The Morgan fingerprint density at radius 3 is 2.76 bits per heavy atom. The molecule has 0 radical (unpaired) electrons. The van der Waals surface area contributed by atoms with E-state index in [1.165, 1.54) is 19.2 Å². The highest BCUT2D eigenvalue weighted by Gasteiger charge is 2.19. The van der Waals surface area contributed by atoms with Gasteiger partial charge in [-0.25, -0.2) is 12.8 Å². The normalized spacial score (nSPS) is 11.4. The number of hydrogen-bond donors (Lipinski definition) is 2. The van der Waals surface area contributed by atoms with E-state index in [-0.39, 0.29) is 22.3 Å². The molecule has 1 aromatic heterocycles. The molecule has 2 aromatic rings. The fourth-order valence-corrected chi connectivity index (χ4v) is 4.11. The molecule has 0 saturated heterocycles. The average Bonchev–Trinajstić information content (AvgIpc) is 2.90. The molecule has 0 aliphatic rings. The number of hydrogen-bond acceptors (Lipinski definition) is 5. The molecule has 2 N–H and O–H groups in total. The van der Waals surface area contributed by atoms with Crippen LogP contribution in [0.3, 0.4) is 0 Å². The number of anilines is 1. The van der Waals surface area contributed by atoms with Crippen molar-refractivity contribution >= 4 is 27.0 Å². The molecule has 1 heterocycles. The Bertz CT molecular complexity index is 728. The first-order valence-corrected chi connectivity index (χ1v) is 8.32. The Morgan fingerprint density at radius 1 is 1.33 bits per heavy atom. The van der Waals surface area contributed by atoms with Crippen molar-refractivity contribution in [1.82, 2.24) is 0 Å². The van der Waals surface area contributed by atoms with Crippen molar-refractivity contribution in [3.63, 3.8) is 0 Å². The van der Waals surface area contributed by atoms with Crippen LogP contribution in [0.4, 0.5) is 10.1 Å². The van der Waals surface area contributed by atoms with Gasteiger partial charge < -0.3 is 9.84 Å². The van der Waals surface area contributed by atoms with Gasteiger partial charge in [0.1, 0.15) is 15.8 Å². The van der Waals surface area contributed by atoms with Gasteiger partial charge in [-0.3, -0.25) is 4.72 Å². The van der Waals surface area contributed by atoms with E-state index in [2.05, 4.69) is 4.72 Å². The van der Waals surface area contributed by atoms with Gasteiger partial charge in [-0.05, 0) is 24.3 Å². The SMILES string of the molecule is COc1cc(F)ccc1NS(=O)(=O)c1ccc(CCO)s1. The van der Waals surface area contributed by atoms with Gasteiger partial charge in [0.2, 0.25) is 0 Å². The van der Waals surface area contributed by atoms with Crippen molar-refractivity contribution in [1.29, 1.82) is 0 Å². The summed E-state index contributed by atoms with van der Waals surface area (Å²) in [5.41, 5.74) is 0.163. The maximum absolute atomic E-state index is 13.1. The molecule has 0 unspecified atom stereocenters. The zero-order valence-corrected chi connectivity index (χ0v) is 12.8. The number of benzene rings is 1. The zero-order chi connectivity index (χ0) is 15.5. The summed E-state index contributed by atoms with van der Waals surface area (Å²) < 4.78 is 45.1. The third-order valence-corrected chi connectivity index (χ3v) is 5.67. The smallest absolute Gasteiger partial charge is 0.271 e. The largest absolute Gasteiger partial charge is 0.494 e. The molecule has 114 valence electrons. The van der Waals surface area contributed by atoms with Crippen LogP contribution < -0.4 is 9.46 Å². The minimum absolute atomic E-state index is 0.0424. The van der Waals surface area contributed by atoms with Crippen molar-refractivity contribution in [2.75, 3.05) is 18.4 Å². The van der Waals surface area contributed by atoms with Crippen molar-refractivity contribution in [3.05, 3.63) is 41.0 Å². The van der Waals surface area contributed by atoms with Gasteiger partial charge in [0.15, 0.2) is 0 Å². The standard InChI is InChI=1S/C13H14FNO4S2/c1-19-12-8-9(14)2-4-11(12)15-21(17,18)13-5-3-10(20-13)6-7-16/h2-5,8,15-16H,6-7H2,1H3. The second-order valence-corrected chi connectivity index (χ2v) is 7.22. The first-order valence-electron chi connectivity index (χ1n) is 6.02. The van der Waals surface area contributed by atoms with Crippen molar-refractivity contribution < 1.29 is 22.7 Å². The summed E-state index contributed by atoms with van der Waals surface area (Å²) in [7, 11) is -2.44. The molecule has 1 aromatic carbocycles. The summed E-state index contributed by atoms with van der Waals surface area (Å²) in [6, 6.07) is 6.66. The number of halogens is 1.